The van der Waals surface area contributed by atoms with Gasteiger partial charge in [-0.3, -0.25) is 0 Å². The number of hydrogen-bond acceptors (Lipinski definition) is 5. The predicted molar refractivity (Wildman–Crippen MR) is 95.6 cm³/mol. The molecule has 2 aromatic rings. The van der Waals surface area contributed by atoms with Crippen LogP contribution in [-0.2, 0) is 6.54 Å². The fourth-order valence-corrected chi connectivity index (χ4v) is 2.93. The quantitative estimate of drug-likeness (QED) is 0.869. The lowest BCUT2D eigenvalue weighted by molar-refractivity contribution is 0.234. The first-order valence-electron chi connectivity index (χ1n) is 8.44. The van der Waals surface area contributed by atoms with Gasteiger partial charge in [0.15, 0.2) is 0 Å². The van der Waals surface area contributed by atoms with Crippen molar-refractivity contribution >= 4 is 12.0 Å². The van der Waals surface area contributed by atoms with Crippen LogP contribution in [0.15, 0.2) is 42.7 Å². The minimum absolute atomic E-state index is 0.0860. The van der Waals surface area contributed by atoms with E-state index in [1.807, 2.05) is 24.3 Å². The highest BCUT2D eigenvalue weighted by Gasteiger charge is 2.22. The third kappa shape index (κ3) is 4.82. The third-order valence-corrected chi connectivity index (χ3v) is 4.18. The largest absolute Gasteiger partial charge is 0.497 e. The van der Waals surface area contributed by atoms with E-state index in [2.05, 4.69) is 25.5 Å². The Morgan fingerprint density at radius 3 is 2.96 bits per heavy atom. The number of carbonyl (C=O) groups excluding carboxylic acids is 1. The number of hydrogen-bond donors (Lipinski definition) is 2. The van der Waals surface area contributed by atoms with E-state index in [-0.39, 0.29) is 12.1 Å². The van der Waals surface area contributed by atoms with Crippen molar-refractivity contribution in [3.63, 3.8) is 0 Å². The van der Waals surface area contributed by atoms with Crippen molar-refractivity contribution in [1.29, 1.82) is 0 Å². The molecule has 7 heteroatoms. The summed E-state index contributed by atoms with van der Waals surface area (Å²) >= 11 is 0. The van der Waals surface area contributed by atoms with Crippen molar-refractivity contribution < 1.29 is 9.53 Å². The van der Waals surface area contributed by atoms with Gasteiger partial charge >= 0.3 is 6.03 Å². The van der Waals surface area contributed by atoms with Gasteiger partial charge in [0.1, 0.15) is 5.75 Å². The minimum atomic E-state index is -0.163. The van der Waals surface area contributed by atoms with Crippen molar-refractivity contribution in [3.05, 3.63) is 48.3 Å². The lowest BCUT2D eigenvalue weighted by Gasteiger charge is -2.33. The standard InChI is InChI=1S/C18H23N5O2/c1-25-16-7-2-5-14(11-16)12-21-18(24)22-15-6-3-10-23(13-15)17-19-8-4-9-20-17/h2,4-5,7-9,11,15H,3,6,10,12-13H2,1H3,(H2,21,22,24)/t15-/m1/s1. The van der Waals surface area contributed by atoms with Crippen LogP contribution in [-0.4, -0.2) is 42.2 Å². The molecule has 7 nitrogen and oxygen atoms in total. The first kappa shape index (κ1) is 17.0. The van der Waals surface area contributed by atoms with Crippen molar-refractivity contribution in [2.24, 2.45) is 0 Å². The van der Waals surface area contributed by atoms with Gasteiger partial charge in [-0.25, -0.2) is 14.8 Å². The van der Waals surface area contributed by atoms with Crippen molar-refractivity contribution in [2.45, 2.75) is 25.4 Å². The normalized spacial score (nSPS) is 17.0. The van der Waals surface area contributed by atoms with Crippen LogP contribution in [0.25, 0.3) is 0 Å². The van der Waals surface area contributed by atoms with E-state index in [4.69, 9.17) is 4.74 Å². The maximum Gasteiger partial charge on any atom is 0.315 e. The molecule has 1 aliphatic rings. The van der Waals surface area contributed by atoms with Gasteiger partial charge in [0, 0.05) is 38.1 Å². The highest BCUT2D eigenvalue weighted by Crippen LogP contribution is 2.15. The molecule has 1 aromatic heterocycles. The van der Waals surface area contributed by atoms with Crippen LogP contribution in [0, 0.1) is 0 Å². The second kappa shape index (κ2) is 8.32. The molecule has 0 saturated carbocycles. The Morgan fingerprint density at radius 2 is 2.16 bits per heavy atom. The van der Waals surface area contributed by atoms with Crippen molar-refractivity contribution in [1.82, 2.24) is 20.6 Å². The monoisotopic (exact) mass is 341 g/mol. The molecule has 1 fully saturated rings. The number of ether oxygens (including phenoxy) is 1. The predicted octanol–water partition coefficient (Wildman–Crippen LogP) is 1.95. The molecule has 1 saturated heterocycles. The molecule has 2 N–H and O–H groups in total. The van der Waals surface area contributed by atoms with Crippen LogP contribution in [0.4, 0.5) is 10.7 Å². The molecular weight excluding hydrogens is 318 g/mol. The number of nitrogens with zero attached hydrogens (tertiary/aromatic N) is 3. The van der Waals surface area contributed by atoms with Crippen LogP contribution in [0.3, 0.4) is 0 Å². The fourth-order valence-electron chi connectivity index (χ4n) is 2.93. The van der Waals surface area contributed by atoms with Gasteiger partial charge in [0.05, 0.1) is 7.11 Å². The van der Waals surface area contributed by atoms with Gasteiger partial charge in [0.2, 0.25) is 5.95 Å². The van der Waals surface area contributed by atoms with Gasteiger partial charge in [-0.15, -0.1) is 0 Å². The Morgan fingerprint density at radius 1 is 1.32 bits per heavy atom. The number of rotatable bonds is 5. The average Bonchev–Trinajstić information content (AvgIpc) is 2.67. The van der Waals surface area contributed by atoms with Crippen LogP contribution >= 0.6 is 0 Å². The Balaban J connectivity index is 1.49. The summed E-state index contributed by atoms with van der Waals surface area (Å²) in [4.78, 5) is 22.9. The number of piperidine rings is 1. The summed E-state index contributed by atoms with van der Waals surface area (Å²) in [5, 5.41) is 5.94. The summed E-state index contributed by atoms with van der Waals surface area (Å²) in [7, 11) is 1.63. The van der Waals surface area contributed by atoms with Gasteiger partial charge < -0.3 is 20.3 Å². The molecule has 2 heterocycles. The molecular formula is C18H23N5O2. The fraction of sp³-hybridized carbons (Fsp3) is 0.389. The molecule has 1 atom stereocenters. The zero-order chi connectivity index (χ0) is 17.5. The number of urea groups is 1. The number of aromatic nitrogens is 2. The van der Waals surface area contributed by atoms with Gasteiger partial charge in [-0.1, -0.05) is 12.1 Å². The van der Waals surface area contributed by atoms with E-state index >= 15 is 0 Å². The van der Waals surface area contributed by atoms with Crippen LogP contribution < -0.4 is 20.3 Å². The highest BCUT2D eigenvalue weighted by molar-refractivity contribution is 5.74. The Bertz CT molecular complexity index is 695. The maximum absolute atomic E-state index is 12.2. The zero-order valence-electron chi connectivity index (χ0n) is 14.3. The Labute approximate surface area is 147 Å². The Hall–Kier alpha value is -2.83. The molecule has 0 unspecified atom stereocenters. The van der Waals surface area contributed by atoms with E-state index < -0.39 is 0 Å². The topological polar surface area (TPSA) is 79.4 Å². The molecule has 3 rings (SSSR count). The third-order valence-electron chi connectivity index (χ3n) is 4.18. The summed E-state index contributed by atoms with van der Waals surface area (Å²) in [6.07, 6.45) is 5.43. The lowest BCUT2D eigenvalue weighted by atomic mass is 10.1. The van der Waals surface area contributed by atoms with Crippen LogP contribution in [0.5, 0.6) is 5.75 Å². The number of methoxy groups -OCH3 is 1. The molecule has 0 radical (unpaired) electrons. The van der Waals surface area contributed by atoms with Gasteiger partial charge in [-0.05, 0) is 36.6 Å². The first-order valence-corrected chi connectivity index (χ1v) is 8.44. The van der Waals surface area contributed by atoms with Crippen molar-refractivity contribution in [2.75, 3.05) is 25.1 Å². The van der Waals surface area contributed by atoms with Crippen molar-refractivity contribution in [3.8, 4) is 5.75 Å². The van der Waals surface area contributed by atoms with E-state index in [0.717, 1.165) is 37.2 Å². The molecule has 1 aromatic carbocycles. The number of nitrogens with one attached hydrogen (secondary N) is 2. The minimum Gasteiger partial charge on any atom is -0.497 e. The molecule has 132 valence electrons. The number of amides is 2. The number of carbonyl (C=O) groups is 1. The highest BCUT2D eigenvalue weighted by atomic mass is 16.5. The smallest absolute Gasteiger partial charge is 0.315 e. The molecule has 1 aliphatic heterocycles. The SMILES string of the molecule is COc1cccc(CNC(=O)N[C@@H]2CCCN(c3ncccn3)C2)c1. The summed E-state index contributed by atoms with van der Waals surface area (Å²) in [5.41, 5.74) is 0.998. The molecule has 0 bridgehead atoms. The average molecular weight is 341 g/mol. The molecule has 25 heavy (non-hydrogen) atoms. The van der Waals surface area contributed by atoms with Gasteiger partial charge in [0.25, 0.3) is 0 Å². The number of anilines is 1. The Kier molecular flexibility index (Phi) is 5.66. The first-order chi connectivity index (χ1) is 12.2. The summed E-state index contributed by atoms with van der Waals surface area (Å²) in [6, 6.07) is 9.38. The summed E-state index contributed by atoms with van der Waals surface area (Å²) in [5.74, 6) is 1.50. The molecule has 2 amide bonds. The van der Waals surface area contributed by atoms with E-state index in [1.165, 1.54) is 0 Å². The summed E-state index contributed by atoms with van der Waals surface area (Å²) < 4.78 is 5.19. The van der Waals surface area contributed by atoms with E-state index in [9.17, 15) is 4.79 Å². The van der Waals surface area contributed by atoms with Gasteiger partial charge in [-0.2, -0.15) is 0 Å². The second-order valence-corrected chi connectivity index (χ2v) is 6.01. The lowest BCUT2D eigenvalue weighted by Crippen LogP contribution is -2.50. The summed E-state index contributed by atoms with van der Waals surface area (Å²) in [6.45, 7) is 2.09. The van der Waals surface area contributed by atoms with E-state index in [1.54, 1.807) is 25.6 Å². The van der Waals surface area contributed by atoms with E-state index in [0.29, 0.717) is 12.5 Å². The zero-order valence-corrected chi connectivity index (χ0v) is 14.3. The van der Waals surface area contributed by atoms with Crippen LogP contribution in [0.1, 0.15) is 18.4 Å². The maximum atomic E-state index is 12.2. The molecule has 0 aliphatic carbocycles. The van der Waals surface area contributed by atoms with Crippen LogP contribution in [0.2, 0.25) is 0 Å². The number of benzene rings is 1. The second-order valence-electron chi connectivity index (χ2n) is 6.01. The molecule has 0 spiro atoms.